The molecule has 0 saturated carbocycles. The van der Waals surface area contributed by atoms with E-state index >= 15 is 0 Å². The molecule has 0 radical (unpaired) electrons. The lowest BCUT2D eigenvalue weighted by Crippen LogP contribution is -2.45. The van der Waals surface area contributed by atoms with Gasteiger partial charge < -0.3 is 5.32 Å². The molecule has 0 unspecified atom stereocenters. The Morgan fingerprint density at radius 1 is 1.21 bits per heavy atom. The van der Waals surface area contributed by atoms with Crippen LogP contribution in [0.25, 0.3) is 0 Å². The van der Waals surface area contributed by atoms with Crippen LogP contribution in [-0.4, -0.2) is 31.1 Å². The topological polar surface area (TPSA) is 15.3 Å². The van der Waals surface area contributed by atoms with Gasteiger partial charge in [-0.2, -0.15) is 13.2 Å². The van der Waals surface area contributed by atoms with Crippen LogP contribution in [0.1, 0.15) is 49.8 Å². The van der Waals surface area contributed by atoms with E-state index in [1.54, 1.807) is 6.07 Å². The number of benzene rings is 1. The van der Waals surface area contributed by atoms with Crippen molar-refractivity contribution in [3.8, 4) is 0 Å². The molecule has 24 heavy (non-hydrogen) atoms. The predicted octanol–water partition coefficient (Wildman–Crippen LogP) is 5.31. The van der Waals surface area contributed by atoms with Gasteiger partial charge >= 0.3 is 6.18 Å². The average molecular weight is 385 g/mol. The van der Waals surface area contributed by atoms with Crippen LogP contribution in [0.3, 0.4) is 0 Å². The summed E-state index contributed by atoms with van der Waals surface area (Å²) in [7, 11) is 0. The monoisotopic (exact) mass is 384 g/mol. The van der Waals surface area contributed by atoms with Crippen molar-refractivity contribution >= 4 is 24.0 Å². The van der Waals surface area contributed by atoms with Gasteiger partial charge in [-0.05, 0) is 24.1 Å². The van der Waals surface area contributed by atoms with Gasteiger partial charge in [0, 0.05) is 32.2 Å². The maximum atomic E-state index is 13.1. The van der Waals surface area contributed by atoms with Gasteiger partial charge in [-0.25, -0.2) is 0 Å². The van der Waals surface area contributed by atoms with Crippen molar-refractivity contribution in [2.75, 3.05) is 26.2 Å². The SMILES string of the molecule is CCCCC[C@@H](c1ccc(Cl)c(C(F)(F)F)c1)N1CCNCC1.Cl. The van der Waals surface area contributed by atoms with E-state index in [2.05, 4.69) is 17.1 Å². The largest absolute Gasteiger partial charge is 0.417 e. The molecule has 0 bridgehead atoms. The van der Waals surface area contributed by atoms with E-state index in [-0.39, 0.29) is 23.5 Å². The quantitative estimate of drug-likeness (QED) is 0.668. The molecule has 0 aromatic heterocycles. The molecule has 1 fully saturated rings. The van der Waals surface area contributed by atoms with Crippen molar-refractivity contribution in [2.24, 2.45) is 0 Å². The maximum absolute atomic E-state index is 13.1. The summed E-state index contributed by atoms with van der Waals surface area (Å²) in [6.45, 7) is 5.61. The molecule has 1 N–H and O–H groups in total. The number of nitrogens with one attached hydrogen (secondary N) is 1. The van der Waals surface area contributed by atoms with Gasteiger partial charge in [-0.3, -0.25) is 4.90 Å². The van der Waals surface area contributed by atoms with Gasteiger partial charge in [0.05, 0.1) is 10.6 Å². The summed E-state index contributed by atoms with van der Waals surface area (Å²) in [5.41, 5.74) is -0.00739. The first-order chi connectivity index (χ1) is 10.9. The van der Waals surface area contributed by atoms with Crippen molar-refractivity contribution in [1.82, 2.24) is 10.2 Å². The van der Waals surface area contributed by atoms with Crippen LogP contribution in [0.4, 0.5) is 13.2 Å². The minimum atomic E-state index is -4.41. The fourth-order valence-corrected chi connectivity index (χ4v) is 3.33. The first-order valence-electron chi connectivity index (χ1n) is 8.25. The molecule has 1 aromatic rings. The fourth-order valence-electron chi connectivity index (χ4n) is 3.11. The summed E-state index contributed by atoms with van der Waals surface area (Å²) in [5.74, 6) is 0. The van der Waals surface area contributed by atoms with Crippen LogP contribution in [0.5, 0.6) is 0 Å². The molecular formula is C17H25Cl2F3N2. The van der Waals surface area contributed by atoms with Crippen molar-refractivity contribution in [1.29, 1.82) is 0 Å². The number of nitrogens with zero attached hydrogens (tertiary/aromatic N) is 1. The zero-order valence-corrected chi connectivity index (χ0v) is 15.4. The summed E-state index contributed by atoms with van der Waals surface area (Å²) in [5, 5.41) is 3.06. The van der Waals surface area contributed by atoms with Gasteiger partial charge in [0.15, 0.2) is 0 Å². The molecule has 7 heteroatoms. The van der Waals surface area contributed by atoms with Crippen LogP contribution >= 0.6 is 24.0 Å². The van der Waals surface area contributed by atoms with Crippen LogP contribution in [0.2, 0.25) is 5.02 Å². The molecule has 1 aromatic carbocycles. The molecule has 1 aliphatic heterocycles. The van der Waals surface area contributed by atoms with E-state index in [1.807, 2.05) is 0 Å². The maximum Gasteiger partial charge on any atom is 0.417 e. The molecular weight excluding hydrogens is 360 g/mol. The van der Waals surface area contributed by atoms with Gasteiger partial charge in [0.1, 0.15) is 0 Å². The third-order valence-corrected chi connectivity index (χ3v) is 4.68. The van der Waals surface area contributed by atoms with Gasteiger partial charge in [-0.1, -0.05) is 43.9 Å². The Kier molecular flexibility index (Phi) is 8.85. The van der Waals surface area contributed by atoms with Crippen LogP contribution in [-0.2, 0) is 6.18 Å². The Morgan fingerprint density at radius 3 is 2.46 bits per heavy atom. The highest BCUT2D eigenvalue weighted by Crippen LogP contribution is 2.38. The van der Waals surface area contributed by atoms with Gasteiger partial charge in [-0.15, -0.1) is 12.4 Å². The smallest absolute Gasteiger partial charge is 0.314 e. The van der Waals surface area contributed by atoms with E-state index in [1.165, 1.54) is 12.1 Å². The standard InChI is InChI=1S/C17H24ClF3N2.ClH/c1-2-3-4-5-16(23-10-8-22-9-11-23)13-6-7-15(18)14(12-13)17(19,20)21;/h6-7,12,16,22H,2-5,8-11H2,1H3;1H/t16-;/m0./s1. The Hall–Kier alpha value is -0.490. The third kappa shape index (κ3) is 5.80. The van der Waals surface area contributed by atoms with Crippen molar-refractivity contribution in [3.63, 3.8) is 0 Å². The van der Waals surface area contributed by atoms with Crippen LogP contribution in [0.15, 0.2) is 18.2 Å². The van der Waals surface area contributed by atoms with Crippen molar-refractivity contribution < 1.29 is 13.2 Å². The molecule has 0 aliphatic carbocycles. The first-order valence-corrected chi connectivity index (χ1v) is 8.62. The Balaban J connectivity index is 0.00000288. The third-order valence-electron chi connectivity index (χ3n) is 4.35. The fraction of sp³-hybridized carbons (Fsp3) is 0.647. The zero-order chi connectivity index (χ0) is 16.9. The molecule has 2 rings (SSSR count). The highest BCUT2D eigenvalue weighted by atomic mass is 35.5. The van der Waals surface area contributed by atoms with E-state index in [4.69, 9.17) is 11.6 Å². The highest BCUT2D eigenvalue weighted by molar-refractivity contribution is 6.31. The molecule has 0 amide bonds. The van der Waals surface area contributed by atoms with Gasteiger partial charge in [0.2, 0.25) is 0 Å². The Morgan fingerprint density at radius 2 is 1.88 bits per heavy atom. The Labute approximate surface area is 153 Å². The number of halogens is 5. The van der Waals surface area contributed by atoms with E-state index in [9.17, 15) is 13.2 Å². The first kappa shape index (κ1) is 21.6. The summed E-state index contributed by atoms with van der Waals surface area (Å²) < 4.78 is 39.4. The number of unbranched alkanes of at least 4 members (excludes halogenated alkanes) is 2. The molecule has 1 aliphatic rings. The molecule has 1 atom stereocenters. The molecule has 0 spiro atoms. The number of piperazine rings is 1. The summed E-state index contributed by atoms with van der Waals surface area (Å²) in [4.78, 5) is 2.29. The summed E-state index contributed by atoms with van der Waals surface area (Å²) >= 11 is 5.75. The number of hydrogen-bond acceptors (Lipinski definition) is 2. The van der Waals surface area contributed by atoms with Crippen LogP contribution < -0.4 is 5.32 Å². The second-order valence-corrected chi connectivity index (χ2v) is 6.44. The van der Waals surface area contributed by atoms with Crippen molar-refractivity contribution in [3.05, 3.63) is 34.3 Å². The molecule has 1 heterocycles. The number of hydrogen-bond donors (Lipinski definition) is 1. The number of rotatable bonds is 6. The minimum absolute atomic E-state index is 0. The molecule has 138 valence electrons. The Bertz CT molecular complexity index is 503. The lowest BCUT2D eigenvalue weighted by molar-refractivity contribution is -0.137. The molecule has 1 saturated heterocycles. The summed E-state index contributed by atoms with van der Waals surface area (Å²) in [6.07, 6.45) is -0.308. The minimum Gasteiger partial charge on any atom is -0.314 e. The second-order valence-electron chi connectivity index (χ2n) is 6.03. The normalized spacial score (nSPS) is 17.4. The van der Waals surface area contributed by atoms with E-state index in [0.29, 0.717) is 0 Å². The predicted molar refractivity (Wildman–Crippen MR) is 95.0 cm³/mol. The van der Waals surface area contributed by atoms with Crippen molar-refractivity contribution in [2.45, 2.75) is 44.8 Å². The average Bonchev–Trinajstić information content (AvgIpc) is 2.52. The highest BCUT2D eigenvalue weighted by Gasteiger charge is 2.34. The van der Waals surface area contributed by atoms with Gasteiger partial charge in [0.25, 0.3) is 0 Å². The lowest BCUT2D eigenvalue weighted by atomic mass is 9.96. The van der Waals surface area contributed by atoms with Crippen LogP contribution in [0, 0.1) is 0 Å². The van der Waals surface area contributed by atoms with E-state index < -0.39 is 11.7 Å². The van der Waals surface area contributed by atoms with E-state index in [0.717, 1.165) is 57.4 Å². The zero-order valence-electron chi connectivity index (χ0n) is 13.8. The molecule has 2 nitrogen and oxygen atoms in total. The summed E-state index contributed by atoms with van der Waals surface area (Å²) in [6, 6.07) is 4.40. The number of alkyl halides is 3. The lowest BCUT2D eigenvalue weighted by Gasteiger charge is -2.35. The second kappa shape index (κ2) is 9.85.